The molecule has 1 aliphatic rings. The lowest BCUT2D eigenvalue weighted by Gasteiger charge is -2.14. The van der Waals surface area contributed by atoms with Crippen molar-refractivity contribution in [1.29, 1.82) is 0 Å². The molecule has 2 aromatic carbocycles. The highest BCUT2D eigenvalue weighted by atomic mass is 32.2. The monoisotopic (exact) mass is 351 g/mol. The highest BCUT2D eigenvalue weighted by Crippen LogP contribution is 2.35. The zero-order valence-corrected chi connectivity index (χ0v) is 15.2. The molecule has 0 aliphatic carbocycles. The summed E-state index contributed by atoms with van der Waals surface area (Å²) in [4.78, 5) is 15.0. The fourth-order valence-corrected chi connectivity index (χ4v) is 3.87. The summed E-state index contributed by atoms with van der Waals surface area (Å²) in [6, 6.07) is 17.9. The van der Waals surface area contributed by atoms with Gasteiger partial charge in [-0.05, 0) is 48.8 Å². The fraction of sp³-hybridized carbons (Fsp3) is 0.100. The van der Waals surface area contributed by atoms with Gasteiger partial charge in [0.15, 0.2) is 4.32 Å². The summed E-state index contributed by atoms with van der Waals surface area (Å²) in [7, 11) is 0. The zero-order valence-electron chi connectivity index (χ0n) is 13.5. The van der Waals surface area contributed by atoms with Crippen LogP contribution in [0.2, 0.25) is 0 Å². The smallest absolute Gasteiger partial charge is 0.268 e. The van der Waals surface area contributed by atoms with Gasteiger partial charge in [-0.2, -0.15) is 0 Å². The zero-order chi connectivity index (χ0) is 17.1. The molecule has 0 unspecified atom stereocenters. The predicted molar refractivity (Wildman–Crippen MR) is 107 cm³/mol. The summed E-state index contributed by atoms with van der Waals surface area (Å²) in [6.45, 7) is 4.00. The Labute approximate surface area is 151 Å². The first-order valence-corrected chi connectivity index (χ1v) is 8.85. The van der Waals surface area contributed by atoms with Crippen molar-refractivity contribution in [3.63, 3.8) is 0 Å². The van der Waals surface area contributed by atoms with Crippen LogP contribution in [0.3, 0.4) is 0 Å². The standard InChI is InChI=1S/C20H17NOS2/c1-14-7-6-10-17(12-14)21-19(22)18(24-20(21)23)13-15(2)11-16-8-4-3-5-9-16/h3-13H,1-2H3/b15-11-,18-13+. The summed E-state index contributed by atoms with van der Waals surface area (Å²) in [6.07, 6.45) is 3.96. The number of carbonyl (C=O) groups excluding carboxylic acids is 1. The molecule has 1 saturated heterocycles. The maximum Gasteiger partial charge on any atom is 0.270 e. The number of hydrogen-bond acceptors (Lipinski definition) is 3. The van der Waals surface area contributed by atoms with E-state index in [2.05, 4.69) is 6.08 Å². The number of allylic oxidation sites excluding steroid dienone is 2. The average molecular weight is 351 g/mol. The van der Waals surface area contributed by atoms with E-state index < -0.39 is 0 Å². The first-order chi connectivity index (χ1) is 11.5. The Kier molecular flexibility index (Phi) is 4.97. The number of amides is 1. The second-order valence-corrected chi connectivity index (χ2v) is 7.33. The molecule has 120 valence electrons. The quantitative estimate of drug-likeness (QED) is 0.549. The molecule has 0 N–H and O–H groups in total. The van der Waals surface area contributed by atoms with Crippen LogP contribution in [0.25, 0.3) is 6.08 Å². The van der Waals surface area contributed by atoms with E-state index in [0.29, 0.717) is 9.23 Å². The van der Waals surface area contributed by atoms with Gasteiger partial charge in [0, 0.05) is 0 Å². The molecule has 0 radical (unpaired) electrons. The number of thiocarbonyl (C=S) groups is 1. The van der Waals surface area contributed by atoms with Gasteiger partial charge in [0.1, 0.15) is 0 Å². The Morgan fingerprint density at radius 3 is 2.58 bits per heavy atom. The van der Waals surface area contributed by atoms with Crippen molar-refractivity contribution in [3.8, 4) is 0 Å². The minimum atomic E-state index is -0.0589. The van der Waals surface area contributed by atoms with Crippen LogP contribution in [0, 0.1) is 6.92 Å². The number of thioether (sulfide) groups is 1. The number of carbonyl (C=O) groups is 1. The van der Waals surface area contributed by atoms with Gasteiger partial charge < -0.3 is 0 Å². The van der Waals surface area contributed by atoms with Crippen LogP contribution in [0.1, 0.15) is 18.1 Å². The Balaban J connectivity index is 1.87. The van der Waals surface area contributed by atoms with Gasteiger partial charge in [0.25, 0.3) is 5.91 Å². The summed E-state index contributed by atoms with van der Waals surface area (Å²) in [5.74, 6) is -0.0589. The van der Waals surface area contributed by atoms with Gasteiger partial charge in [0.2, 0.25) is 0 Å². The van der Waals surface area contributed by atoms with Gasteiger partial charge in [0.05, 0.1) is 10.6 Å². The lowest BCUT2D eigenvalue weighted by molar-refractivity contribution is -0.113. The molecule has 3 rings (SSSR count). The summed E-state index contributed by atoms with van der Waals surface area (Å²) in [5, 5.41) is 0. The third-order valence-electron chi connectivity index (χ3n) is 3.61. The Morgan fingerprint density at radius 1 is 1.12 bits per heavy atom. The molecule has 0 aromatic heterocycles. The SMILES string of the molecule is CC(=C/c1ccccc1)/C=C1/SC(=S)N(c2cccc(C)c2)C1=O. The Hall–Kier alpha value is -2.17. The lowest BCUT2D eigenvalue weighted by Crippen LogP contribution is -2.27. The first-order valence-electron chi connectivity index (χ1n) is 7.62. The van der Waals surface area contributed by atoms with E-state index in [-0.39, 0.29) is 5.91 Å². The van der Waals surface area contributed by atoms with E-state index in [9.17, 15) is 4.79 Å². The molecule has 1 amide bonds. The average Bonchev–Trinajstić information content (AvgIpc) is 2.82. The van der Waals surface area contributed by atoms with E-state index in [4.69, 9.17) is 12.2 Å². The number of nitrogens with zero attached hydrogens (tertiary/aromatic N) is 1. The highest BCUT2D eigenvalue weighted by molar-refractivity contribution is 8.27. The van der Waals surface area contributed by atoms with Crippen molar-refractivity contribution in [2.75, 3.05) is 4.90 Å². The second-order valence-electron chi connectivity index (χ2n) is 5.66. The number of aryl methyl sites for hydroxylation is 1. The molecule has 24 heavy (non-hydrogen) atoms. The van der Waals surface area contributed by atoms with Crippen LogP contribution < -0.4 is 4.90 Å². The molecular weight excluding hydrogens is 334 g/mol. The predicted octanol–water partition coefficient (Wildman–Crippen LogP) is 5.35. The maximum absolute atomic E-state index is 12.7. The normalized spacial score (nSPS) is 17.0. The minimum Gasteiger partial charge on any atom is -0.268 e. The molecule has 2 nitrogen and oxygen atoms in total. The largest absolute Gasteiger partial charge is 0.270 e. The van der Waals surface area contributed by atoms with Crippen molar-refractivity contribution < 1.29 is 4.79 Å². The van der Waals surface area contributed by atoms with Crippen molar-refractivity contribution in [1.82, 2.24) is 0 Å². The van der Waals surface area contributed by atoms with E-state index in [1.807, 2.05) is 74.5 Å². The van der Waals surface area contributed by atoms with Crippen molar-refractivity contribution >= 4 is 46.0 Å². The minimum absolute atomic E-state index is 0.0589. The third-order valence-corrected chi connectivity index (χ3v) is 4.91. The van der Waals surface area contributed by atoms with Gasteiger partial charge in [-0.15, -0.1) is 0 Å². The summed E-state index contributed by atoms with van der Waals surface area (Å²) in [5.41, 5.74) is 4.06. The number of rotatable bonds is 3. The summed E-state index contributed by atoms with van der Waals surface area (Å²) >= 11 is 6.76. The molecule has 2 aromatic rings. The van der Waals surface area contributed by atoms with Gasteiger partial charge in [-0.3, -0.25) is 9.69 Å². The molecule has 1 aliphatic heterocycles. The Morgan fingerprint density at radius 2 is 1.88 bits per heavy atom. The van der Waals surface area contributed by atoms with E-state index in [1.165, 1.54) is 11.8 Å². The van der Waals surface area contributed by atoms with Crippen LogP contribution >= 0.6 is 24.0 Å². The van der Waals surface area contributed by atoms with Crippen LogP contribution in [-0.2, 0) is 4.79 Å². The van der Waals surface area contributed by atoms with Crippen molar-refractivity contribution in [2.24, 2.45) is 0 Å². The van der Waals surface area contributed by atoms with Crippen LogP contribution in [0.4, 0.5) is 5.69 Å². The van der Waals surface area contributed by atoms with Gasteiger partial charge in [-0.25, -0.2) is 0 Å². The van der Waals surface area contributed by atoms with Crippen molar-refractivity contribution in [2.45, 2.75) is 13.8 Å². The lowest BCUT2D eigenvalue weighted by atomic mass is 10.1. The molecule has 0 spiro atoms. The van der Waals surface area contributed by atoms with Gasteiger partial charge >= 0.3 is 0 Å². The molecule has 0 bridgehead atoms. The molecule has 1 heterocycles. The number of benzene rings is 2. The first kappa shape index (κ1) is 16.7. The van der Waals surface area contributed by atoms with E-state index >= 15 is 0 Å². The van der Waals surface area contributed by atoms with Crippen LogP contribution in [0.5, 0.6) is 0 Å². The molecule has 0 saturated carbocycles. The summed E-state index contributed by atoms with van der Waals surface area (Å²) < 4.78 is 0.573. The van der Waals surface area contributed by atoms with Crippen LogP contribution in [-0.4, -0.2) is 10.2 Å². The van der Waals surface area contributed by atoms with Gasteiger partial charge in [-0.1, -0.05) is 72.5 Å². The molecule has 0 atom stereocenters. The number of anilines is 1. The van der Waals surface area contributed by atoms with Crippen molar-refractivity contribution in [3.05, 3.63) is 82.3 Å². The van der Waals surface area contributed by atoms with E-state index in [0.717, 1.165) is 22.4 Å². The molecule has 1 fully saturated rings. The third kappa shape index (κ3) is 3.66. The fourth-order valence-electron chi connectivity index (χ4n) is 2.52. The molecule has 4 heteroatoms. The van der Waals surface area contributed by atoms with E-state index in [1.54, 1.807) is 4.90 Å². The maximum atomic E-state index is 12.7. The molecular formula is C20H17NOS2. The highest BCUT2D eigenvalue weighted by Gasteiger charge is 2.33. The Bertz CT molecular complexity index is 853. The number of hydrogen-bond donors (Lipinski definition) is 0. The topological polar surface area (TPSA) is 20.3 Å². The second kappa shape index (κ2) is 7.16. The van der Waals surface area contributed by atoms with Crippen LogP contribution in [0.15, 0.2) is 71.2 Å².